The van der Waals surface area contributed by atoms with Gasteiger partial charge in [0.05, 0.1) is 108 Å². The molecule has 20 rings (SSSR count). The third-order valence-electron chi connectivity index (χ3n) is 29.1. The summed E-state index contributed by atoms with van der Waals surface area (Å²) in [7, 11) is 3.05. The molecule has 143 heavy (non-hydrogen) atoms. The van der Waals surface area contributed by atoms with Crippen LogP contribution in [-0.2, 0) is 117 Å². The Labute approximate surface area is 827 Å². The Hall–Kier alpha value is -16.7. The number of ether oxygens (including phenoxy) is 3. The van der Waals surface area contributed by atoms with Gasteiger partial charge in [-0.2, -0.15) is 52.1 Å². The number of methoxy groups -OCH3 is 2. The largest absolute Gasteiger partial charge is 0.494 e. The van der Waals surface area contributed by atoms with Gasteiger partial charge in [0.15, 0.2) is 0 Å². The lowest BCUT2D eigenvalue weighted by Crippen LogP contribution is -2.25. The first-order valence-corrected chi connectivity index (χ1v) is 48.8. The third-order valence-corrected chi connectivity index (χ3v) is 29.1. The Bertz CT molecular complexity index is 7990. The summed E-state index contributed by atoms with van der Waals surface area (Å²) in [6.07, 6.45) is 21.7. The zero-order valence-corrected chi connectivity index (χ0v) is 81.3. The summed E-state index contributed by atoms with van der Waals surface area (Å²) in [5, 5.41) is 82.1. The summed E-state index contributed by atoms with van der Waals surface area (Å²) < 4.78 is 29.8. The van der Waals surface area contributed by atoms with E-state index in [0.29, 0.717) is 78.1 Å². The highest BCUT2D eigenvalue weighted by Gasteiger charge is 2.36. The van der Waals surface area contributed by atoms with Crippen LogP contribution in [-0.4, -0.2) is 60.7 Å². The van der Waals surface area contributed by atoms with Gasteiger partial charge in [0.2, 0.25) is 11.8 Å². The molecule has 5 aliphatic rings. The number of nitrogens with zero attached hydrogens (tertiary/aromatic N) is 11. The fourth-order valence-corrected chi connectivity index (χ4v) is 20.9. The Kier molecular flexibility index (Phi) is 29.8. The summed E-state index contributed by atoms with van der Waals surface area (Å²) in [6.45, 7) is 9.74. The monoisotopic (exact) mass is 1900 g/mol. The van der Waals surface area contributed by atoms with Crippen LogP contribution >= 0.6 is 0 Å². The molecule has 4 unspecified atom stereocenters. The van der Waals surface area contributed by atoms with Gasteiger partial charge in [-0.25, -0.2) is 9.37 Å². The summed E-state index contributed by atoms with van der Waals surface area (Å²) in [5.41, 5.74) is 18.3. The molecule has 0 amide bonds. The lowest BCUT2D eigenvalue weighted by molar-refractivity contribution is 0.285. The van der Waals surface area contributed by atoms with Gasteiger partial charge in [0.1, 0.15) is 29.2 Å². The van der Waals surface area contributed by atoms with Crippen LogP contribution in [0, 0.1) is 96.5 Å². The first kappa shape index (κ1) is 99.3. The minimum Gasteiger partial charge on any atom is -0.494 e. The smallest absolute Gasteiger partial charge is 0.251 e. The molecule has 0 radical (unpaired) electrons. The Morgan fingerprint density at radius 3 is 0.979 bits per heavy atom. The molecule has 0 aliphatic heterocycles. The second-order valence-electron chi connectivity index (χ2n) is 39.0. The highest BCUT2D eigenvalue weighted by Crippen LogP contribution is 2.41. The zero-order valence-electron chi connectivity index (χ0n) is 81.3. The van der Waals surface area contributed by atoms with Gasteiger partial charge in [-0.15, -0.1) is 0 Å². The van der Waals surface area contributed by atoms with Crippen LogP contribution in [0.1, 0.15) is 228 Å². The molecule has 7 aromatic heterocycles. The second-order valence-corrected chi connectivity index (χ2v) is 39.0. The molecular formula is C118H109FN16O8. The van der Waals surface area contributed by atoms with Gasteiger partial charge in [0, 0.05) is 107 Å². The van der Waals surface area contributed by atoms with Crippen LogP contribution in [0.5, 0.6) is 17.5 Å². The predicted octanol–water partition coefficient (Wildman–Crippen LogP) is 20.3. The highest BCUT2D eigenvalue weighted by atomic mass is 19.1. The summed E-state index contributed by atoms with van der Waals surface area (Å²) in [4.78, 5) is 90.7. The van der Waals surface area contributed by atoms with E-state index in [1.165, 1.54) is 26.4 Å². The van der Waals surface area contributed by atoms with Crippen LogP contribution in [0.25, 0.3) is 54.5 Å². The van der Waals surface area contributed by atoms with E-state index in [4.69, 9.17) is 30.0 Å². The highest BCUT2D eigenvalue weighted by molar-refractivity contribution is 5.88. The number of fused-ring (bicyclic) bond motifs is 15. The summed E-state index contributed by atoms with van der Waals surface area (Å²) in [5.74, 6) is 1.58. The molecule has 0 bridgehead atoms. The minimum atomic E-state index is -0.891. The number of aryl methyl sites for hydroxylation is 5. The van der Waals surface area contributed by atoms with E-state index in [1.54, 1.807) is 54.6 Å². The van der Waals surface area contributed by atoms with Gasteiger partial charge in [-0.1, -0.05) is 91.0 Å². The third kappa shape index (κ3) is 21.5. The van der Waals surface area contributed by atoms with Crippen molar-refractivity contribution in [2.24, 2.45) is 0 Å². The molecule has 0 saturated heterocycles. The fourth-order valence-electron chi connectivity index (χ4n) is 20.9. The summed E-state index contributed by atoms with van der Waals surface area (Å²) >= 11 is 0. The molecule has 716 valence electrons. The lowest BCUT2D eigenvalue weighted by atomic mass is 9.77. The molecule has 24 nitrogen and oxygen atoms in total. The molecule has 8 aromatic carbocycles. The molecule has 5 atom stereocenters. The van der Waals surface area contributed by atoms with Crippen LogP contribution in [0.2, 0.25) is 0 Å². The van der Waals surface area contributed by atoms with E-state index in [9.17, 15) is 54.7 Å². The number of benzene rings is 8. The number of nitrogens with one attached hydrogen (secondary N) is 5. The Morgan fingerprint density at radius 2 is 0.643 bits per heavy atom. The van der Waals surface area contributed by atoms with Crippen molar-refractivity contribution in [3.8, 4) is 66.1 Å². The first-order valence-electron chi connectivity index (χ1n) is 48.8. The zero-order chi connectivity index (χ0) is 101. The lowest BCUT2D eigenvalue weighted by Gasteiger charge is -2.24. The topological polar surface area (TPSA) is 421 Å². The van der Waals surface area contributed by atoms with Crippen molar-refractivity contribution in [3.05, 3.63) is 369 Å². The molecular weight excluding hydrogens is 1790 g/mol. The predicted molar refractivity (Wildman–Crippen MR) is 549 cm³/mol. The Morgan fingerprint density at radius 1 is 0.322 bits per heavy atom. The molecule has 0 spiro atoms. The molecule has 7 heterocycles. The number of pyridine rings is 6. The number of hydrogen-bond acceptors (Lipinski definition) is 19. The van der Waals surface area contributed by atoms with Crippen molar-refractivity contribution >= 4 is 54.5 Å². The van der Waals surface area contributed by atoms with Crippen molar-refractivity contribution in [1.29, 1.82) is 42.1 Å². The van der Waals surface area contributed by atoms with Crippen molar-refractivity contribution in [3.63, 3.8) is 0 Å². The van der Waals surface area contributed by atoms with Gasteiger partial charge >= 0.3 is 0 Å². The number of halogens is 1. The number of aromatic amines is 5. The van der Waals surface area contributed by atoms with Crippen LogP contribution in [0.15, 0.2) is 212 Å². The van der Waals surface area contributed by atoms with Gasteiger partial charge < -0.3 is 39.1 Å². The van der Waals surface area contributed by atoms with Crippen molar-refractivity contribution < 1.29 is 18.6 Å². The maximum atomic E-state index is 13.5. The van der Waals surface area contributed by atoms with E-state index in [2.05, 4.69) is 82.4 Å². The second kappa shape index (κ2) is 42.9. The Balaban J connectivity index is 0.000000128. The van der Waals surface area contributed by atoms with Crippen LogP contribution < -0.4 is 42.0 Å². The average Bonchev–Trinajstić information content (AvgIpc) is 0.777. The van der Waals surface area contributed by atoms with Crippen LogP contribution in [0.4, 0.5) is 4.39 Å². The van der Waals surface area contributed by atoms with Crippen molar-refractivity contribution in [2.45, 2.75) is 222 Å². The van der Waals surface area contributed by atoms with Crippen molar-refractivity contribution in [2.75, 3.05) is 20.8 Å². The van der Waals surface area contributed by atoms with E-state index < -0.39 is 27.1 Å². The maximum Gasteiger partial charge on any atom is 0.251 e. The SMILES string of the molecule is CC(C#N)(CCOc1ccc(C#N)cc1)c1ccc2c3c(c(=O)[nH]c2c1)CCCC3.CC(C#N)(Cc1cccc(C#N)c1)c1ccc2c3c(c(=O)[nH]c2c1)CCCC3.CC(C#N)(Cc1cccc(C#N)n1)c1ccc2c3c(c(=O)[nH]c2c1)CCCC3.COc1cc(OC)nc(CC(C)(C#N)c2ccc3c4c(c(=O)[nH]c3c2)CCCC4)n1.C[C@](C#N)(Cc1cccc(F)c1)c1ccc2c3c(c(=O)[nH]c2c1)CCCC3. The van der Waals surface area contributed by atoms with Gasteiger partial charge in [-0.3, -0.25) is 24.0 Å². The summed E-state index contributed by atoms with van der Waals surface area (Å²) in [6, 6.07) is 75.6. The van der Waals surface area contributed by atoms with E-state index in [0.717, 1.165) is 278 Å². The molecule has 5 aliphatic carbocycles. The van der Waals surface area contributed by atoms with Gasteiger partial charge in [0.25, 0.3) is 27.8 Å². The average molecular weight is 1900 g/mol. The minimum absolute atomic E-state index is 0.000248. The fraction of sp³-hybridized carbons (Fsp3) is 0.322. The van der Waals surface area contributed by atoms with E-state index in [-0.39, 0.29) is 40.0 Å². The number of aromatic nitrogens is 8. The quantitative estimate of drug-likeness (QED) is 0.0502. The van der Waals surface area contributed by atoms with Gasteiger partial charge in [-0.05, 0) is 334 Å². The van der Waals surface area contributed by atoms with E-state index >= 15 is 0 Å². The molecule has 25 heteroatoms. The normalized spacial score (nSPS) is 15.2. The molecule has 0 fully saturated rings. The molecule has 5 N–H and O–H groups in total. The van der Waals surface area contributed by atoms with Crippen LogP contribution in [0.3, 0.4) is 0 Å². The first-order chi connectivity index (χ1) is 69.1. The standard InChI is InChI=1S/C25H23N3O2.C24H21N3O.C23H21FN2O.C23H24N4O3.C23H20N4O/c1-25(16-27,12-13-30-19-9-6-17(15-26)7-10-19)18-8-11-21-20-4-2-3-5-22(20)24(29)28-23(21)14-18;1-24(15-26,13-16-5-4-6-17(11-16)14-25)18-9-10-20-19-7-2-3-8-21(19)23(28)27-22(20)12-18;1-23(14-25,13-15-5-4-6-17(24)11-15)16-9-10-19-18-7-2-3-8-20(18)22(27)26-21(19)12-16;1-23(13-24,12-19-26-20(29-2)11-21(27-19)30-3)14-8-9-16-15-6-4-5-7-17(15)22(28)25-18(16)10-14;1-23(14-25,12-16-5-4-6-17(13-24)26-16)15-9-10-19-18-7-2-3-8-20(18)22(28)27-21(19)11-15/h6-11,14H,2-5,12-13H2,1H3,(H,28,29);4-6,9-12H,2-3,7-8,13H2,1H3,(H,27,28);4-6,9-12H,2-3,7-8,13H2,1H3,(H,26,27);8-11H,4-7,12H2,1-3H3,(H,25,28);4-6,9-11H,2-3,7-8,12H2,1H3,(H,27,28)/t;;23-;;/m..1../s1. The van der Waals surface area contributed by atoms with Crippen molar-refractivity contribution in [1.82, 2.24) is 39.9 Å². The molecule has 15 aromatic rings. The number of hydrogen-bond donors (Lipinski definition) is 5. The number of H-pyrrole nitrogens is 5. The maximum absolute atomic E-state index is 13.5. The number of rotatable bonds is 19. The number of nitriles is 8. The van der Waals surface area contributed by atoms with E-state index in [1.807, 2.05) is 162 Å². The molecule has 0 saturated carbocycles.